The van der Waals surface area contributed by atoms with Crippen LogP contribution in [0.5, 0.6) is 5.75 Å². The second kappa shape index (κ2) is 10.5. The fourth-order valence-electron chi connectivity index (χ4n) is 2.97. The Labute approximate surface area is 209 Å². The van der Waals surface area contributed by atoms with E-state index >= 15 is 0 Å². The summed E-state index contributed by atoms with van der Waals surface area (Å²) in [5.74, 6) is 0.333. The number of amidine groups is 1. The second-order valence-corrected chi connectivity index (χ2v) is 10.1. The molecule has 3 aromatic rings. The number of nitrogens with zero attached hydrogens (tertiary/aromatic N) is 1. The van der Waals surface area contributed by atoms with E-state index in [1.54, 1.807) is 6.08 Å². The number of carbonyl (C=O) groups is 1. The third-order valence-electron chi connectivity index (χ3n) is 4.74. The summed E-state index contributed by atoms with van der Waals surface area (Å²) in [6.07, 6.45) is 1.70. The van der Waals surface area contributed by atoms with Gasteiger partial charge in [-0.05, 0) is 65.4 Å². The molecule has 0 fully saturated rings. The Balaban J connectivity index is 1.33. The van der Waals surface area contributed by atoms with E-state index in [1.165, 1.54) is 16.9 Å². The topological polar surface area (TPSA) is 96.9 Å². The summed E-state index contributed by atoms with van der Waals surface area (Å²) in [6, 6.07) is 22.0. The van der Waals surface area contributed by atoms with Crippen LogP contribution in [-0.2, 0) is 21.4 Å². The van der Waals surface area contributed by atoms with E-state index in [9.17, 15) is 26.4 Å². The number of alkyl halides is 3. The molecule has 36 heavy (non-hydrogen) atoms. The van der Waals surface area contributed by atoms with Gasteiger partial charge < -0.3 is 10.1 Å². The fourth-order valence-corrected chi connectivity index (χ4v) is 4.36. The summed E-state index contributed by atoms with van der Waals surface area (Å²) in [5, 5.41) is 3.16. The summed E-state index contributed by atoms with van der Waals surface area (Å²) in [7, 11) is -5.51. The largest absolute Gasteiger partial charge is 0.516 e. The molecule has 186 valence electrons. The number of halogens is 3. The molecule has 7 nitrogen and oxygen atoms in total. The van der Waals surface area contributed by atoms with Crippen molar-refractivity contribution in [3.63, 3.8) is 0 Å². The highest BCUT2D eigenvalue weighted by atomic mass is 32.2. The van der Waals surface area contributed by atoms with Crippen LogP contribution in [0.2, 0.25) is 0 Å². The van der Waals surface area contributed by atoms with E-state index in [-0.39, 0.29) is 10.9 Å². The van der Waals surface area contributed by atoms with Gasteiger partial charge >= 0.3 is 15.5 Å². The lowest BCUT2D eigenvalue weighted by molar-refractivity contribution is -0.113. The van der Waals surface area contributed by atoms with E-state index < -0.39 is 21.4 Å². The standard InChI is InChI=1S/C24H18F3N3O4S2/c25-24(26,27)36(32,33)30-19-12-10-18(11-13-19)28-23-29-22(31)21(35-23)14-16-6-8-17(9-7-16)15-34-20-4-2-1-3-5-20/h1-14,30H,15H2,(H,28,29,31). The number of amides is 1. The molecular formula is C24H18F3N3O4S2. The second-order valence-electron chi connectivity index (χ2n) is 7.43. The molecule has 0 saturated carbocycles. The molecule has 0 atom stereocenters. The van der Waals surface area contributed by atoms with Gasteiger partial charge in [0.25, 0.3) is 5.91 Å². The number of nitrogens with one attached hydrogen (secondary N) is 2. The maximum Gasteiger partial charge on any atom is 0.516 e. The van der Waals surface area contributed by atoms with Gasteiger partial charge in [0.2, 0.25) is 0 Å². The van der Waals surface area contributed by atoms with Gasteiger partial charge in [-0.3, -0.25) is 9.52 Å². The Hall–Kier alpha value is -3.77. The van der Waals surface area contributed by atoms with Gasteiger partial charge in [-0.25, -0.2) is 0 Å². The van der Waals surface area contributed by atoms with Crippen molar-refractivity contribution in [2.75, 3.05) is 10.0 Å². The minimum atomic E-state index is -5.51. The van der Waals surface area contributed by atoms with E-state index in [0.29, 0.717) is 17.2 Å². The SMILES string of the molecule is O=C1N=C(Nc2ccc(NS(=O)(=O)C(F)(F)F)cc2)SC1=Cc1ccc(COc2ccccc2)cc1. The predicted molar refractivity (Wildman–Crippen MR) is 134 cm³/mol. The van der Waals surface area contributed by atoms with Crippen molar-refractivity contribution in [1.82, 2.24) is 0 Å². The number of sulfonamides is 1. The van der Waals surface area contributed by atoms with Gasteiger partial charge in [0.15, 0.2) is 5.17 Å². The number of carbonyl (C=O) groups excluding carboxylic acids is 1. The zero-order valence-electron chi connectivity index (χ0n) is 18.3. The maximum absolute atomic E-state index is 12.5. The molecule has 3 aromatic carbocycles. The summed E-state index contributed by atoms with van der Waals surface area (Å²) in [6.45, 7) is 0.405. The van der Waals surface area contributed by atoms with Crippen molar-refractivity contribution in [3.8, 4) is 5.75 Å². The number of ether oxygens (including phenoxy) is 1. The Morgan fingerprint density at radius 1 is 0.917 bits per heavy atom. The van der Waals surface area contributed by atoms with Crippen molar-refractivity contribution in [2.45, 2.75) is 12.1 Å². The number of hydrogen-bond acceptors (Lipinski definition) is 6. The molecule has 1 amide bonds. The van der Waals surface area contributed by atoms with Crippen LogP contribution in [0.4, 0.5) is 24.5 Å². The summed E-state index contributed by atoms with van der Waals surface area (Å²) in [5.41, 5.74) is -3.50. The van der Waals surface area contributed by atoms with Gasteiger partial charge in [-0.1, -0.05) is 42.5 Å². The number of benzene rings is 3. The quantitative estimate of drug-likeness (QED) is 0.383. The molecule has 0 spiro atoms. The average Bonchev–Trinajstić information content (AvgIpc) is 3.18. The lowest BCUT2D eigenvalue weighted by Gasteiger charge is -2.11. The summed E-state index contributed by atoms with van der Waals surface area (Å²) in [4.78, 5) is 16.6. The van der Waals surface area contributed by atoms with Gasteiger partial charge in [0.05, 0.1) is 4.91 Å². The first-order valence-electron chi connectivity index (χ1n) is 10.3. The first-order valence-corrected chi connectivity index (χ1v) is 12.6. The van der Waals surface area contributed by atoms with Crippen molar-refractivity contribution < 1.29 is 31.1 Å². The Bertz CT molecular complexity index is 1410. The number of aliphatic imine (C=N–C) groups is 1. The highest BCUT2D eigenvalue weighted by Gasteiger charge is 2.46. The third-order valence-corrected chi connectivity index (χ3v) is 6.75. The zero-order chi connectivity index (χ0) is 25.8. The van der Waals surface area contributed by atoms with Crippen molar-refractivity contribution in [3.05, 3.63) is 94.9 Å². The van der Waals surface area contributed by atoms with E-state index in [1.807, 2.05) is 54.6 Å². The van der Waals surface area contributed by atoms with E-state index in [0.717, 1.165) is 40.8 Å². The molecular weight excluding hydrogens is 515 g/mol. The number of hydrogen-bond donors (Lipinski definition) is 2. The first kappa shape index (κ1) is 25.3. The summed E-state index contributed by atoms with van der Waals surface area (Å²) < 4.78 is 67.0. The van der Waals surface area contributed by atoms with Gasteiger partial charge in [-0.15, -0.1) is 0 Å². The lowest BCUT2D eigenvalue weighted by atomic mass is 10.1. The molecule has 4 rings (SSSR count). The van der Waals surface area contributed by atoms with Crippen LogP contribution in [0.25, 0.3) is 6.08 Å². The smallest absolute Gasteiger partial charge is 0.489 e. The Morgan fingerprint density at radius 3 is 2.19 bits per heavy atom. The zero-order valence-corrected chi connectivity index (χ0v) is 20.0. The van der Waals surface area contributed by atoms with E-state index in [2.05, 4.69) is 10.3 Å². The van der Waals surface area contributed by atoms with Crippen molar-refractivity contribution in [1.29, 1.82) is 0 Å². The fraction of sp³-hybridized carbons (Fsp3) is 0.0833. The van der Waals surface area contributed by atoms with Crippen LogP contribution < -0.4 is 14.8 Å². The van der Waals surface area contributed by atoms with Crippen molar-refractivity contribution >= 4 is 50.3 Å². The highest BCUT2D eigenvalue weighted by molar-refractivity contribution is 8.18. The first-order chi connectivity index (χ1) is 17.1. The molecule has 0 aliphatic carbocycles. The van der Waals surface area contributed by atoms with Crippen molar-refractivity contribution in [2.24, 2.45) is 4.99 Å². The molecule has 12 heteroatoms. The van der Waals surface area contributed by atoms with Crippen LogP contribution >= 0.6 is 11.8 Å². The monoisotopic (exact) mass is 533 g/mol. The molecule has 1 aliphatic rings. The van der Waals surface area contributed by atoms with Crippen LogP contribution in [0.3, 0.4) is 0 Å². The number of anilines is 2. The molecule has 0 saturated heterocycles. The maximum atomic E-state index is 12.5. The predicted octanol–water partition coefficient (Wildman–Crippen LogP) is 5.61. The molecule has 1 aliphatic heterocycles. The lowest BCUT2D eigenvalue weighted by Crippen LogP contribution is -2.29. The van der Waals surface area contributed by atoms with Crippen LogP contribution in [0, 0.1) is 0 Å². The van der Waals surface area contributed by atoms with Gasteiger partial charge in [0, 0.05) is 11.4 Å². The van der Waals surface area contributed by atoms with Gasteiger partial charge in [0.1, 0.15) is 12.4 Å². The van der Waals surface area contributed by atoms with E-state index in [4.69, 9.17) is 4.74 Å². The minimum Gasteiger partial charge on any atom is -0.489 e. The Kier molecular flexibility index (Phi) is 7.36. The van der Waals surface area contributed by atoms with Crippen LogP contribution in [0.1, 0.15) is 11.1 Å². The molecule has 0 radical (unpaired) electrons. The van der Waals surface area contributed by atoms with Crippen LogP contribution in [-0.4, -0.2) is 25.0 Å². The number of para-hydroxylation sites is 1. The van der Waals surface area contributed by atoms with Gasteiger partial charge in [-0.2, -0.15) is 26.6 Å². The molecule has 0 unspecified atom stereocenters. The number of rotatable bonds is 7. The summed E-state index contributed by atoms with van der Waals surface area (Å²) >= 11 is 1.10. The highest BCUT2D eigenvalue weighted by Crippen LogP contribution is 2.30. The Morgan fingerprint density at radius 2 is 1.56 bits per heavy atom. The average molecular weight is 534 g/mol. The molecule has 0 aromatic heterocycles. The minimum absolute atomic E-state index is 0.256. The normalized spacial score (nSPS) is 15.0. The van der Waals surface area contributed by atoms with Crippen LogP contribution in [0.15, 0.2) is 88.8 Å². The molecule has 1 heterocycles. The molecule has 2 N–H and O–H groups in total. The third kappa shape index (κ3) is 6.46. The number of thioether (sulfide) groups is 1. The molecule has 0 bridgehead atoms.